The van der Waals surface area contributed by atoms with E-state index >= 15 is 0 Å². The highest BCUT2D eigenvalue weighted by atomic mass is 32.2. The molecule has 0 aliphatic rings. The Balaban J connectivity index is 3.20. The van der Waals surface area contributed by atoms with Crippen LogP contribution >= 0.6 is 0 Å². The van der Waals surface area contributed by atoms with Gasteiger partial charge >= 0.3 is 0 Å². The number of nitrogen functional groups attached to an aromatic ring is 1. The van der Waals surface area contributed by atoms with E-state index in [2.05, 4.69) is 0 Å². The predicted molar refractivity (Wildman–Crippen MR) is 73.7 cm³/mol. The Morgan fingerprint density at radius 2 is 2.05 bits per heavy atom. The lowest BCUT2D eigenvalue weighted by atomic mass is 10.3. The molecule has 20 heavy (non-hydrogen) atoms. The lowest BCUT2D eigenvalue weighted by Crippen LogP contribution is -2.39. The van der Waals surface area contributed by atoms with Crippen molar-refractivity contribution in [2.75, 3.05) is 18.8 Å². The number of carbonyl (C=O) groups is 1. The molecular weight excluding hydrogens is 285 g/mol. The van der Waals surface area contributed by atoms with E-state index < -0.39 is 33.2 Å². The predicted octanol–water partition coefficient (Wildman–Crippen LogP) is 0.684. The van der Waals surface area contributed by atoms with Crippen LogP contribution < -0.4 is 11.5 Å². The largest absolute Gasteiger partial charge is 0.399 e. The summed E-state index contributed by atoms with van der Waals surface area (Å²) in [5.41, 5.74) is 10.7. The first-order valence-electron chi connectivity index (χ1n) is 6.12. The Morgan fingerprint density at radius 1 is 1.40 bits per heavy atom. The monoisotopic (exact) mass is 303 g/mol. The van der Waals surface area contributed by atoms with Gasteiger partial charge in [-0.3, -0.25) is 4.79 Å². The first-order valence-corrected chi connectivity index (χ1v) is 7.56. The summed E-state index contributed by atoms with van der Waals surface area (Å²) in [6.45, 7) is 1.47. The summed E-state index contributed by atoms with van der Waals surface area (Å²) in [6, 6.07) is 3.27. The van der Waals surface area contributed by atoms with Crippen LogP contribution in [0.3, 0.4) is 0 Å². The molecule has 0 heterocycles. The minimum absolute atomic E-state index is 0.0933. The summed E-state index contributed by atoms with van der Waals surface area (Å²) < 4.78 is 39.3. The average Bonchev–Trinajstić information content (AvgIpc) is 2.36. The molecule has 6 nitrogen and oxygen atoms in total. The van der Waals surface area contributed by atoms with E-state index in [1.165, 1.54) is 6.07 Å². The smallest absolute Gasteiger partial charge is 0.246 e. The van der Waals surface area contributed by atoms with Gasteiger partial charge in [0.1, 0.15) is 10.7 Å². The minimum Gasteiger partial charge on any atom is -0.399 e. The molecule has 0 radical (unpaired) electrons. The summed E-state index contributed by atoms with van der Waals surface area (Å²) in [5.74, 6) is -1.71. The van der Waals surface area contributed by atoms with E-state index in [0.717, 1.165) is 22.9 Å². The Bertz CT molecular complexity index is 590. The van der Waals surface area contributed by atoms with Crippen LogP contribution in [-0.4, -0.2) is 31.7 Å². The van der Waals surface area contributed by atoms with Gasteiger partial charge in [0, 0.05) is 12.2 Å². The van der Waals surface area contributed by atoms with Gasteiger partial charge in [0.25, 0.3) is 0 Å². The van der Waals surface area contributed by atoms with Crippen LogP contribution in [-0.2, 0) is 14.8 Å². The summed E-state index contributed by atoms with van der Waals surface area (Å²) >= 11 is 0. The fourth-order valence-corrected chi connectivity index (χ4v) is 3.19. The van der Waals surface area contributed by atoms with Gasteiger partial charge in [-0.1, -0.05) is 13.3 Å². The Morgan fingerprint density at radius 3 is 2.60 bits per heavy atom. The molecule has 0 aliphatic carbocycles. The van der Waals surface area contributed by atoms with Gasteiger partial charge < -0.3 is 11.5 Å². The third kappa shape index (κ3) is 3.91. The van der Waals surface area contributed by atoms with Gasteiger partial charge in [-0.2, -0.15) is 4.31 Å². The highest BCUT2D eigenvalue weighted by Gasteiger charge is 2.28. The Labute approximate surface area is 117 Å². The molecule has 4 N–H and O–H groups in total. The third-order valence-electron chi connectivity index (χ3n) is 2.67. The quantitative estimate of drug-likeness (QED) is 0.722. The maximum atomic E-state index is 13.7. The van der Waals surface area contributed by atoms with E-state index in [1.807, 2.05) is 6.92 Å². The van der Waals surface area contributed by atoms with Crippen LogP contribution in [0.2, 0.25) is 0 Å². The number of amides is 1. The minimum atomic E-state index is -4.14. The van der Waals surface area contributed by atoms with Crippen molar-refractivity contribution in [3.63, 3.8) is 0 Å². The van der Waals surface area contributed by atoms with Crippen LogP contribution in [0.15, 0.2) is 23.1 Å². The van der Waals surface area contributed by atoms with Crippen LogP contribution in [0.4, 0.5) is 10.1 Å². The molecule has 1 amide bonds. The molecule has 0 spiro atoms. The molecule has 1 rings (SSSR count). The zero-order chi connectivity index (χ0) is 15.3. The number of rotatable bonds is 7. The van der Waals surface area contributed by atoms with Crippen LogP contribution in [0, 0.1) is 5.82 Å². The van der Waals surface area contributed by atoms with Crippen LogP contribution in [0.25, 0.3) is 0 Å². The van der Waals surface area contributed by atoms with Crippen molar-refractivity contribution in [3.8, 4) is 0 Å². The lowest BCUT2D eigenvalue weighted by molar-refractivity contribution is -0.118. The molecular formula is C12H18FN3O3S. The summed E-state index contributed by atoms with van der Waals surface area (Å²) in [5, 5.41) is 0. The van der Waals surface area contributed by atoms with Crippen LogP contribution in [0.5, 0.6) is 0 Å². The highest BCUT2D eigenvalue weighted by molar-refractivity contribution is 7.89. The summed E-state index contributed by atoms with van der Waals surface area (Å²) in [4.78, 5) is 10.5. The number of primary amides is 1. The Hall–Kier alpha value is -1.67. The van der Waals surface area contributed by atoms with Gasteiger partial charge in [0.05, 0.1) is 6.54 Å². The third-order valence-corrected chi connectivity index (χ3v) is 4.53. The van der Waals surface area contributed by atoms with Gasteiger partial charge in [-0.25, -0.2) is 12.8 Å². The molecule has 0 aliphatic heterocycles. The SMILES string of the molecule is CCCCN(CC(N)=O)S(=O)(=O)c1cc(N)ccc1F. The van der Waals surface area contributed by atoms with Crippen molar-refractivity contribution >= 4 is 21.6 Å². The molecule has 8 heteroatoms. The number of anilines is 1. The van der Waals surface area contributed by atoms with E-state index in [-0.39, 0.29) is 12.2 Å². The Kier molecular flexibility index (Phi) is 5.46. The average molecular weight is 303 g/mol. The van der Waals surface area contributed by atoms with Gasteiger partial charge in [0.2, 0.25) is 15.9 Å². The second kappa shape index (κ2) is 6.67. The molecule has 0 bridgehead atoms. The summed E-state index contributed by atoms with van der Waals surface area (Å²) in [6.07, 6.45) is 1.26. The normalized spacial score (nSPS) is 11.8. The number of nitrogens with zero attached hydrogens (tertiary/aromatic N) is 1. The molecule has 0 unspecified atom stereocenters. The van der Waals surface area contributed by atoms with Crippen molar-refractivity contribution < 1.29 is 17.6 Å². The number of sulfonamides is 1. The fraction of sp³-hybridized carbons (Fsp3) is 0.417. The number of hydrogen-bond acceptors (Lipinski definition) is 4. The first-order chi connectivity index (χ1) is 9.28. The number of halogens is 1. The molecule has 1 aromatic carbocycles. The number of nitrogens with two attached hydrogens (primary N) is 2. The van der Waals surface area contributed by atoms with Crippen molar-refractivity contribution in [2.24, 2.45) is 5.73 Å². The summed E-state index contributed by atoms with van der Waals surface area (Å²) in [7, 11) is -4.14. The molecule has 0 fully saturated rings. The van der Waals surface area contributed by atoms with Gasteiger partial charge in [-0.15, -0.1) is 0 Å². The second-order valence-corrected chi connectivity index (χ2v) is 6.25. The molecule has 1 aromatic rings. The standard InChI is InChI=1S/C12H18FN3O3S/c1-2-3-6-16(8-12(15)17)20(18,19)11-7-9(14)4-5-10(11)13/h4-5,7H,2-3,6,8,14H2,1H3,(H2,15,17). The first kappa shape index (κ1) is 16.4. The zero-order valence-electron chi connectivity index (χ0n) is 11.2. The van der Waals surface area contributed by atoms with E-state index in [1.54, 1.807) is 0 Å². The van der Waals surface area contributed by atoms with Crippen molar-refractivity contribution in [3.05, 3.63) is 24.0 Å². The number of hydrogen-bond donors (Lipinski definition) is 2. The maximum Gasteiger partial charge on any atom is 0.246 e. The van der Waals surface area contributed by atoms with E-state index in [9.17, 15) is 17.6 Å². The number of carbonyl (C=O) groups excluding carboxylic acids is 1. The number of benzene rings is 1. The molecule has 112 valence electrons. The van der Waals surface area contributed by atoms with Crippen molar-refractivity contribution in [2.45, 2.75) is 24.7 Å². The molecule has 0 saturated heterocycles. The van der Waals surface area contributed by atoms with E-state index in [4.69, 9.17) is 11.5 Å². The highest BCUT2D eigenvalue weighted by Crippen LogP contribution is 2.22. The molecule has 0 saturated carbocycles. The maximum absolute atomic E-state index is 13.7. The van der Waals surface area contributed by atoms with Crippen LogP contribution in [0.1, 0.15) is 19.8 Å². The van der Waals surface area contributed by atoms with Gasteiger partial charge in [0.15, 0.2) is 0 Å². The van der Waals surface area contributed by atoms with E-state index in [0.29, 0.717) is 6.42 Å². The lowest BCUT2D eigenvalue weighted by Gasteiger charge is -2.21. The second-order valence-electron chi connectivity index (χ2n) is 4.35. The van der Waals surface area contributed by atoms with Crippen molar-refractivity contribution in [1.29, 1.82) is 0 Å². The fourth-order valence-electron chi connectivity index (χ4n) is 1.65. The van der Waals surface area contributed by atoms with Gasteiger partial charge in [-0.05, 0) is 24.6 Å². The molecule has 0 aromatic heterocycles. The molecule has 0 atom stereocenters. The topological polar surface area (TPSA) is 106 Å². The van der Waals surface area contributed by atoms with Crippen molar-refractivity contribution in [1.82, 2.24) is 4.31 Å². The number of unbranched alkanes of at least 4 members (excludes halogenated alkanes) is 1. The zero-order valence-corrected chi connectivity index (χ0v) is 12.0.